The Morgan fingerprint density at radius 1 is 1.00 bits per heavy atom. The zero-order valence-corrected chi connectivity index (χ0v) is 13.0. The Morgan fingerprint density at radius 3 is 2.15 bits per heavy atom. The molecule has 3 aliphatic rings. The van der Waals surface area contributed by atoms with E-state index in [9.17, 15) is 4.79 Å². The molecule has 0 bridgehead atoms. The van der Waals surface area contributed by atoms with Gasteiger partial charge >= 0.3 is 0 Å². The van der Waals surface area contributed by atoms with E-state index in [2.05, 4.69) is 17.1 Å². The molecule has 1 spiro atoms. The predicted octanol–water partition coefficient (Wildman–Crippen LogP) is 2.95. The fourth-order valence-corrected chi connectivity index (χ4v) is 4.75. The van der Waals surface area contributed by atoms with Gasteiger partial charge in [-0.1, -0.05) is 19.8 Å². The van der Waals surface area contributed by atoms with Crippen LogP contribution in [0.25, 0.3) is 0 Å². The van der Waals surface area contributed by atoms with E-state index >= 15 is 0 Å². The lowest BCUT2D eigenvalue weighted by Gasteiger charge is -2.46. The quantitative estimate of drug-likeness (QED) is 0.842. The number of amides is 1. The summed E-state index contributed by atoms with van der Waals surface area (Å²) < 4.78 is 0. The number of hydrogen-bond donors (Lipinski definition) is 1. The van der Waals surface area contributed by atoms with Crippen LogP contribution in [0.3, 0.4) is 0 Å². The molecule has 0 unspecified atom stereocenters. The number of likely N-dealkylation sites (tertiary alicyclic amines) is 1. The first-order valence-corrected chi connectivity index (χ1v) is 8.70. The third-order valence-corrected chi connectivity index (χ3v) is 6.47. The van der Waals surface area contributed by atoms with Crippen LogP contribution in [0.15, 0.2) is 0 Å². The maximum atomic E-state index is 12.9. The summed E-state index contributed by atoms with van der Waals surface area (Å²) in [6.45, 7) is 6.59. The van der Waals surface area contributed by atoms with Crippen molar-refractivity contribution in [3.63, 3.8) is 0 Å². The van der Waals surface area contributed by atoms with Gasteiger partial charge in [-0.3, -0.25) is 4.79 Å². The highest BCUT2D eigenvalue weighted by atomic mass is 16.2. The Balaban J connectivity index is 1.61. The van der Waals surface area contributed by atoms with Crippen molar-refractivity contribution in [3.8, 4) is 0 Å². The highest BCUT2D eigenvalue weighted by molar-refractivity contribution is 5.83. The van der Waals surface area contributed by atoms with E-state index in [4.69, 9.17) is 0 Å². The Labute approximate surface area is 123 Å². The van der Waals surface area contributed by atoms with Gasteiger partial charge in [0, 0.05) is 18.5 Å². The molecular formula is C17H30N2O. The molecule has 1 aliphatic carbocycles. The predicted molar refractivity (Wildman–Crippen MR) is 81.5 cm³/mol. The smallest absolute Gasteiger partial charge is 0.228 e. The molecule has 1 saturated carbocycles. The van der Waals surface area contributed by atoms with Crippen LogP contribution in [0, 0.1) is 10.8 Å². The van der Waals surface area contributed by atoms with Gasteiger partial charge in [0.25, 0.3) is 0 Å². The van der Waals surface area contributed by atoms with Crippen molar-refractivity contribution in [3.05, 3.63) is 0 Å². The third-order valence-electron chi connectivity index (χ3n) is 6.47. The zero-order chi connectivity index (χ0) is 14.1. The first-order valence-electron chi connectivity index (χ1n) is 8.70. The highest BCUT2D eigenvalue weighted by Crippen LogP contribution is 2.45. The summed E-state index contributed by atoms with van der Waals surface area (Å²) in [4.78, 5) is 15.1. The van der Waals surface area contributed by atoms with Crippen LogP contribution in [0.1, 0.15) is 64.7 Å². The SMILES string of the molecule is CCC1(C(=O)N2CCC3(CCNCC3)CC2)CCCC1. The molecule has 0 atom stereocenters. The highest BCUT2D eigenvalue weighted by Gasteiger charge is 2.44. The molecule has 2 saturated heterocycles. The number of nitrogens with one attached hydrogen (secondary N) is 1. The minimum Gasteiger partial charge on any atom is -0.342 e. The second-order valence-electron chi connectivity index (χ2n) is 7.38. The van der Waals surface area contributed by atoms with Crippen molar-refractivity contribution in [1.82, 2.24) is 10.2 Å². The zero-order valence-electron chi connectivity index (χ0n) is 13.0. The monoisotopic (exact) mass is 278 g/mol. The van der Waals surface area contributed by atoms with E-state index in [1.807, 2.05) is 0 Å². The van der Waals surface area contributed by atoms with Crippen LogP contribution in [0.4, 0.5) is 0 Å². The molecule has 1 N–H and O–H groups in total. The van der Waals surface area contributed by atoms with Crippen molar-refractivity contribution in [2.24, 2.45) is 10.8 Å². The number of piperidine rings is 2. The van der Waals surface area contributed by atoms with E-state index < -0.39 is 0 Å². The molecule has 0 aromatic rings. The summed E-state index contributed by atoms with van der Waals surface area (Å²) in [5.41, 5.74) is 0.565. The Hall–Kier alpha value is -0.570. The number of hydrogen-bond acceptors (Lipinski definition) is 2. The first kappa shape index (κ1) is 14.4. The molecule has 20 heavy (non-hydrogen) atoms. The van der Waals surface area contributed by atoms with Gasteiger partial charge in [0.05, 0.1) is 0 Å². The lowest BCUT2D eigenvalue weighted by molar-refractivity contribution is -0.145. The maximum absolute atomic E-state index is 12.9. The van der Waals surface area contributed by atoms with Gasteiger partial charge < -0.3 is 10.2 Å². The standard InChI is InChI=1S/C17H30N2O/c1-2-17(5-3-4-6-17)15(20)19-13-9-16(10-14-19)7-11-18-12-8-16/h18H,2-14H2,1H3. The molecule has 3 nitrogen and oxygen atoms in total. The van der Waals surface area contributed by atoms with E-state index in [0.29, 0.717) is 11.3 Å². The van der Waals surface area contributed by atoms with Crippen LogP contribution in [-0.2, 0) is 4.79 Å². The summed E-state index contributed by atoms with van der Waals surface area (Å²) in [7, 11) is 0. The van der Waals surface area contributed by atoms with Gasteiger partial charge in [0.2, 0.25) is 5.91 Å². The van der Waals surface area contributed by atoms with Crippen molar-refractivity contribution < 1.29 is 4.79 Å². The van der Waals surface area contributed by atoms with Gasteiger partial charge in [0.15, 0.2) is 0 Å². The fraction of sp³-hybridized carbons (Fsp3) is 0.941. The van der Waals surface area contributed by atoms with Crippen LogP contribution in [-0.4, -0.2) is 37.0 Å². The van der Waals surface area contributed by atoms with Crippen molar-refractivity contribution in [1.29, 1.82) is 0 Å². The van der Waals surface area contributed by atoms with E-state index in [1.165, 1.54) is 51.6 Å². The molecule has 0 aromatic carbocycles. The molecule has 2 heterocycles. The summed E-state index contributed by atoms with van der Waals surface area (Å²) in [6, 6.07) is 0. The molecule has 2 aliphatic heterocycles. The number of carbonyl (C=O) groups excluding carboxylic acids is 1. The van der Waals surface area contributed by atoms with Gasteiger partial charge in [-0.05, 0) is 63.5 Å². The van der Waals surface area contributed by atoms with E-state index in [0.717, 1.165) is 32.4 Å². The summed E-state index contributed by atoms with van der Waals surface area (Å²) in [5.74, 6) is 0.487. The maximum Gasteiger partial charge on any atom is 0.228 e. The average molecular weight is 278 g/mol. The summed E-state index contributed by atoms with van der Waals surface area (Å²) in [6.07, 6.45) is 10.9. The first-order chi connectivity index (χ1) is 9.70. The lowest BCUT2D eigenvalue weighted by atomic mass is 9.71. The van der Waals surface area contributed by atoms with Crippen LogP contribution < -0.4 is 5.32 Å². The van der Waals surface area contributed by atoms with E-state index in [1.54, 1.807) is 0 Å². The van der Waals surface area contributed by atoms with Crippen molar-refractivity contribution in [2.45, 2.75) is 64.7 Å². The second-order valence-corrected chi connectivity index (χ2v) is 7.38. The normalized spacial score (nSPS) is 28.8. The van der Waals surface area contributed by atoms with Crippen LogP contribution in [0.2, 0.25) is 0 Å². The molecule has 1 amide bonds. The van der Waals surface area contributed by atoms with Crippen molar-refractivity contribution in [2.75, 3.05) is 26.2 Å². The largest absolute Gasteiger partial charge is 0.342 e. The Kier molecular flexibility index (Phi) is 4.07. The molecule has 3 rings (SSSR count). The number of nitrogens with zero attached hydrogens (tertiary/aromatic N) is 1. The molecule has 3 heteroatoms. The fourth-order valence-electron chi connectivity index (χ4n) is 4.75. The minimum absolute atomic E-state index is 0.0125. The van der Waals surface area contributed by atoms with Crippen molar-refractivity contribution >= 4 is 5.91 Å². The molecule has 0 aromatic heterocycles. The second kappa shape index (κ2) is 5.67. The van der Waals surface area contributed by atoms with E-state index in [-0.39, 0.29) is 5.41 Å². The van der Waals surface area contributed by atoms with Crippen LogP contribution >= 0.6 is 0 Å². The summed E-state index contributed by atoms with van der Waals surface area (Å²) >= 11 is 0. The molecule has 114 valence electrons. The molecule has 0 radical (unpaired) electrons. The number of rotatable bonds is 2. The van der Waals surface area contributed by atoms with Gasteiger partial charge in [0.1, 0.15) is 0 Å². The van der Waals surface area contributed by atoms with Gasteiger partial charge in [-0.2, -0.15) is 0 Å². The third kappa shape index (κ3) is 2.49. The molecule has 3 fully saturated rings. The lowest BCUT2D eigenvalue weighted by Crippen LogP contribution is -2.50. The topological polar surface area (TPSA) is 32.3 Å². The Bertz CT molecular complexity index is 344. The number of carbonyl (C=O) groups is 1. The minimum atomic E-state index is 0.0125. The van der Waals surface area contributed by atoms with Crippen LogP contribution in [0.5, 0.6) is 0 Å². The summed E-state index contributed by atoms with van der Waals surface area (Å²) in [5, 5.41) is 3.47. The Morgan fingerprint density at radius 2 is 1.60 bits per heavy atom. The van der Waals surface area contributed by atoms with Gasteiger partial charge in [-0.15, -0.1) is 0 Å². The molecular weight excluding hydrogens is 248 g/mol. The van der Waals surface area contributed by atoms with Gasteiger partial charge in [-0.25, -0.2) is 0 Å². The average Bonchev–Trinajstić information content (AvgIpc) is 2.98.